The zero-order chi connectivity index (χ0) is 12.8. The van der Waals surface area contributed by atoms with Crippen LogP contribution in [0, 0.1) is 0 Å². The minimum Gasteiger partial charge on any atom is -0.295 e. The maximum Gasteiger partial charge on any atom is 0.160 e. The smallest absolute Gasteiger partial charge is 0.160 e. The van der Waals surface area contributed by atoms with Crippen LogP contribution in [0.4, 0.5) is 0 Å². The van der Waals surface area contributed by atoms with Gasteiger partial charge in [-0.1, -0.05) is 51.8 Å². The van der Waals surface area contributed by atoms with Crippen molar-refractivity contribution in [2.24, 2.45) is 0 Å². The van der Waals surface area contributed by atoms with Crippen LogP contribution in [0.2, 0.25) is 0 Å². The van der Waals surface area contributed by atoms with Gasteiger partial charge in [0.2, 0.25) is 0 Å². The third-order valence-corrected chi connectivity index (χ3v) is 3.24. The third-order valence-electron chi connectivity index (χ3n) is 3.24. The third kappa shape index (κ3) is 3.69. The molecule has 1 aromatic carbocycles. The van der Waals surface area contributed by atoms with E-state index in [9.17, 15) is 4.79 Å². The highest BCUT2D eigenvalue weighted by molar-refractivity contribution is 5.95. The lowest BCUT2D eigenvalue weighted by Crippen LogP contribution is -2.05. The van der Waals surface area contributed by atoms with Gasteiger partial charge in [-0.2, -0.15) is 0 Å². The number of Topliss-reactive ketones (excluding diaryl/α,β-unsaturated/α-hetero) is 1. The Bertz CT molecular complexity index is 377. The minimum absolute atomic E-state index is 0.194. The number of benzene rings is 1. The number of hydrogen-bond donors (Lipinski definition) is 0. The molecule has 1 rings (SSSR count). The fourth-order valence-electron chi connectivity index (χ4n) is 2.31. The molecule has 0 aliphatic carbocycles. The Labute approximate surface area is 105 Å². The maximum absolute atomic E-state index is 11.7. The number of carbonyl (C=O) groups excluding carboxylic acids is 1. The second-order valence-corrected chi connectivity index (χ2v) is 5.04. The van der Waals surface area contributed by atoms with Crippen molar-refractivity contribution in [3.63, 3.8) is 0 Å². The Morgan fingerprint density at radius 1 is 1.24 bits per heavy atom. The second kappa shape index (κ2) is 6.58. The van der Waals surface area contributed by atoms with Crippen molar-refractivity contribution < 1.29 is 4.79 Å². The first-order chi connectivity index (χ1) is 8.07. The molecule has 0 saturated carbocycles. The molecule has 0 aliphatic rings. The molecule has 0 atom stereocenters. The highest BCUT2D eigenvalue weighted by Gasteiger charge is 2.13. The summed E-state index contributed by atoms with van der Waals surface area (Å²) >= 11 is 0. The summed E-state index contributed by atoms with van der Waals surface area (Å²) in [7, 11) is 0. The van der Waals surface area contributed by atoms with E-state index in [1.807, 2.05) is 12.1 Å². The summed E-state index contributed by atoms with van der Waals surface area (Å²) in [6.07, 6.45) is 4.68. The van der Waals surface area contributed by atoms with E-state index in [0.29, 0.717) is 5.92 Å². The zero-order valence-corrected chi connectivity index (χ0v) is 11.5. The molecule has 0 spiro atoms. The minimum atomic E-state index is 0.194. The van der Waals surface area contributed by atoms with Crippen LogP contribution in [-0.2, 0) is 6.42 Å². The lowest BCUT2D eigenvalue weighted by molar-refractivity contribution is 0.101. The van der Waals surface area contributed by atoms with Gasteiger partial charge < -0.3 is 0 Å². The molecule has 1 heteroatoms. The van der Waals surface area contributed by atoms with Crippen molar-refractivity contribution >= 4 is 5.78 Å². The van der Waals surface area contributed by atoms with E-state index in [4.69, 9.17) is 0 Å². The van der Waals surface area contributed by atoms with Gasteiger partial charge >= 0.3 is 0 Å². The quantitative estimate of drug-likeness (QED) is 0.511. The van der Waals surface area contributed by atoms with Crippen LogP contribution in [0.15, 0.2) is 18.2 Å². The van der Waals surface area contributed by atoms with Gasteiger partial charge in [-0.25, -0.2) is 0 Å². The van der Waals surface area contributed by atoms with Crippen LogP contribution in [0.1, 0.15) is 74.4 Å². The Balaban J connectivity index is 3.05. The van der Waals surface area contributed by atoms with Crippen molar-refractivity contribution in [2.75, 3.05) is 0 Å². The number of ketones is 1. The molecule has 0 heterocycles. The lowest BCUT2D eigenvalue weighted by atomic mass is 9.89. The van der Waals surface area contributed by atoms with Gasteiger partial charge in [-0.15, -0.1) is 0 Å². The number of rotatable bonds is 6. The SMILES string of the molecule is CCCCCc1c(C(C)=O)cccc1C(C)C. The molecule has 1 aromatic rings. The van der Waals surface area contributed by atoms with Crippen LogP contribution in [0.5, 0.6) is 0 Å². The summed E-state index contributed by atoms with van der Waals surface area (Å²) in [5.74, 6) is 0.685. The largest absolute Gasteiger partial charge is 0.295 e. The van der Waals surface area contributed by atoms with Crippen LogP contribution in [-0.4, -0.2) is 5.78 Å². The molecule has 0 aliphatic heterocycles. The second-order valence-electron chi connectivity index (χ2n) is 5.04. The normalized spacial score (nSPS) is 10.9. The van der Waals surface area contributed by atoms with E-state index in [1.165, 1.54) is 30.4 Å². The van der Waals surface area contributed by atoms with Gasteiger partial charge in [0, 0.05) is 5.56 Å². The van der Waals surface area contributed by atoms with E-state index in [-0.39, 0.29) is 5.78 Å². The van der Waals surface area contributed by atoms with E-state index in [0.717, 1.165) is 12.0 Å². The van der Waals surface area contributed by atoms with Gasteiger partial charge in [0.15, 0.2) is 5.78 Å². The van der Waals surface area contributed by atoms with Gasteiger partial charge in [0.25, 0.3) is 0 Å². The first-order valence-corrected chi connectivity index (χ1v) is 6.70. The Kier molecular flexibility index (Phi) is 5.40. The highest BCUT2D eigenvalue weighted by Crippen LogP contribution is 2.25. The molecule has 17 heavy (non-hydrogen) atoms. The highest BCUT2D eigenvalue weighted by atomic mass is 16.1. The maximum atomic E-state index is 11.7. The Hall–Kier alpha value is -1.11. The summed E-state index contributed by atoms with van der Waals surface area (Å²) in [5.41, 5.74) is 3.55. The van der Waals surface area contributed by atoms with Crippen LogP contribution >= 0.6 is 0 Å². The lowest BCUT2D eigenvalue weighted by Gasteiger charge is -2.16. The predicted octanol–water partition coefficient (Wildman–Crippen LogP) is 4.75. The Morgan fingerprint density at radius 2 is 1.94 bits per heavy atom. The van der Waals surface area contributed by atoms with E-state index in [1.54, 1.807) is 6.92 Å². The fourth-order valence-corrected chi connectivity index (χ4v) is 2.31. The molecule has 0 aromatic heterocycles. The molecule has 0 N–H and O–H groups in total. The van der Waals surface area contributed by atoms with Crippen molar-refractivity contribution in [1.29, 1.82) is 0 Å². The van der Waals surface area contributed by atoms with Crippen LogP contribution in [0.25, 0.3) is 0 Å². The topological polar surface area (TPSA) is 17.1 Å². The number of carbonyl (C=O) groups is 1. The average molecular weight is 232 g/mol. The predicted molar refractivity (Wildman–Crippen MR) is 73.8 cm³/mol. The van der Waals surface area contributed by atoms with Gasteiger partial charge in [0.05, 0.1) is 0 Å². The number of hydrogen-bond acceptors (Lipinski definition) is 1. The molecule has 0 saturated heterocycles. The van der Waals surface area contributed by atoms with E-state index < -0.39 is 0 Å². The first-order valence-electron chi connectivity index (χ1n) is 6.70. The fraction of sp³-hybridized carbons (Fsp3) is 0.562. The van der Waals surface area contributed by atoms with E-state index >= 15 is 0 Å². The molecule has 1 nitrogen and oxygen atoms in total. The average Bonchev–Trinajstić information content (AvgIpc) is 2.28. The first kappa shape index (κ1) is 14.0. The van der Waals surface area contributed by atoms with Crippen molar-refractivity contribution in [3.8, 4) is 0 Å². The van der Waals surface area contributed by atoms with Crippen molar-refractivity contribution in [1.82, 2.24) is 0 Å². The van der Waals surface area contributed by atoms with Crippen LogP contribution in [0.3, 0.4) is 0 Å². The summed E-state index contributed by atoms with van der Waals surface area (Å²) in [4.78, 5) is 11.7. The monoisotopic (exact) mass is 232 g/mol. The molecule has 0 fully saturated rings. The zero-order valence-electron chi connectivity index (χ0n) is 11.5. The van der Waals surface area contributed by atoms with Crippen molar-refractivity contribution in [2.45, 2.75) is 59.3 Å². The Morgan fingerprint density at radius 3 is 2.47 bits per heavy atom. The summed E-state index contributed by atoms with van der Waals surface area (Å²) in [6.45, 7) is 8.27. The molecular weight excluding hydrogens is 208 g/mol. The molecular formula is C16H24O. The molecule has 94 valence electrons. The molecule has 0 radical (unpaired) electrons. The van der Waals surface area contributed by atoms with Crippen molar-refractivity contribution in [3.05, 3.63) is 34.9 Å². The van der Waals surface area contributed by atoms with Gasteiger partial charge in [-0.05, 0) is 36.8 Å². The van der Waals surface area contributed by atoms with E-state index in [2.05, 4.69) is 26.8 Å². The van der Waals surface area contributed by atoms with Gasteiger partial charge in [-0.3, -0.25) is 4.79 Å². The number of unbranched alkanes of at least 4 members (excludes halogenated alkanes) is 2. The standard InChI is InChI=1S/C16H24O/c1-5-6-7-9-16-14(12(2)3)10-8-11-15(16)13(4)17/h8,10-12H,5-7,9H2,1-4H3. The van der Waals surface area contributed by atoms with Crippen LogP contribution < -0.4 is 0 Å². The molecule has 0 bridgehead atoms. The summed E-state index contributed by atoms with van der Waals surface area (Å²) in [5, 5.41) is 0. The molecule has 0 amide bonds. The van der Waals surface area contributed by atoms with Gasteiger partial charge in [0.1, 0.15) is 0 Å². The summed E-state index contributed by atoms with van der Waals surface area (Å²) < 4.78 is 0. The molecule has 0 unspecified atom stereocenters. The summed E-state index contributed by atoms with van der Waals surface area (Å²) in [6, 6.07) is 6.14.